The number of rotatable bonds is 6. The van der Waals surface area contributed by atoms with Crippen LogP contribution in [-0.4, -0.2) is 17.5 Å². The molecular formula is C14H20N2S. The highest BCUT2D eigenvalue weighted by molar-refractivity contribution is 7.99. The van der Waals surface area contributed by atoms with Crippen LogP contribution < -0.4 is 5.32 Å². The van der Waals surface area contributed by atoms with Crippen LogP contribution in [0.15, 0.2) is 30.3 Å². The summed E-state index contributed by atoms with van der Waals surface area (Å²) in [5.41, 5.74) is 1.19. The van der Waals surface area contributed by atoms with Crippen molar-refractivity contribution in [3.05, 3.63) is 35.9 Å². The molecule has 1 aromatic carbocycles. The van der Waals surface area contributed by atoms with E-state index in [1.165, 1.54) is 5.56 Å². The summed E-state index contributed by atoms with van der Waals surface area (Å²) in [5.74, 6) is 0. The van der Waals surface area contributed by atoms with E-state index in [4.69, 9.17) is 5.26 Å². The van der Waals surface area contributed by atoms with Crippen LogP contribution in [-0.2, 0) is 0 Å². The monoisotopic (exact) mass is 248 g/mol. The molecule has 0 aliphatic heterocycles. The second-order valence-corrected chi connectivity index (χ2v) is 6.18. The van der Waals surface area contributed by atoms with E-state index in [9.17, 15) is 0 Å². The molecular weight excluding hydrogens is 228 g/mol. The van der Waals surface area contributed by atoms with E-state index in [1.807, 2.05) is 30.0 Å². The van der Waals surface area contributed by atoms with E-state index in [0.717, 1.165) is 6.54 Å². The van der Waals surface area contributed by atoms with Crippen molar-refractivity contribution in [3.8, 4) is 6.07 Å². The van der Waals surface area contributed by atoms with Crippen LogP contribution in [0, 0.1) is 11.3 Å². The van der Waals surface area contributed by atoms with Gasteiger partial charge in [-0.1, -0.05) is 30.3 Å². The average molecular weight is 248 g/mol. The lowest BCUT2D eigenvalue weighted by Gasteiger charge is -2.26. The highest BCUT2D eigenvalue weighted by Gasteiger charge is 2.18. The Bertz CT molecular complexity index is 368. The maximum Gasteiger partial charge on any atom is 0.0641 e. The lowest BCUT2D eigenvalue weighted by Crippen LogP contribution is -2.34. The predicted molar refractivity (Wildman–Crippen MR) is 75.0 cm³/mol. The van der Waals surface area contributed by atoms with Crippen molar-refractivity contribution in [2.75, 3.05) is 12.8 Å². The molecule has 1 rings (SSSR count). The predicted octanol–water partition coefficient (Wildman–Crippen LogP) is 3.37. The van der Waals surface area contributed by atoms with E-state index >= 15 is 0 Å². The Hall–Kier alpha value is -0.980. The summed E-state index contributed by atoms with van der Waals surface area (Å²) in [5, 5.41) is 12.4. The molecule has 0 heterocycles. The van der Waals surface area contributed by atoms with Gasteiger partial charge in [-0.3, -0.25) is 0 Å². The SMILES string of the molecule is CSC(C)(C)CNC(CC#N)c1ccccc1. The largest absolute Gasteiger partial charge is 0.308 e. The van der Waals surface area contributed by atoms with Gasteiger partial charge in [-0.2, -0.15) is 17.0 Å². The fourth-order valence-corrected chi connectivity index (χ4v) is 1.75. The Morgan fingerprint density at radius 2 is 2.00 bits per heavy atom. The standard InChI is InChI=1S/C14H20N2S/c1-14(2,17-3)11-16-13(9-10-15)12-7-5-4-6-8-12/h4-8,13,16H,9,11H2,1-3H3. The number of benzene rings is 1. The van der Waals surface area contributed by atoms with Crippen molar-refractivity contribution in [2.45, 2.75) is 31.1 Å². The van der Waals surface area contributed by atoms with Gasteiger partial charge in [0.1, 0.15) is 0 Å². The first kappa shape index (κ1) is 14.1. The number of thioether (sulfide) groups is 1. The van der Waals surface area contributed by atoms with Gasteiger partial charge in [-0.05, 0) is 25.7 Å². The van der Waals surface area contributed by atoms with Gasteiger partial charge in [0, 0.05) is 17.3 Å². The smallest absolute Gasteiger partial charge is 0.0641 e. The van der Waals surface area contributed by atoms with Crippen molar-refractivity contribution in [1.82, 2.24) is 5.32 Å². The molecule has 0 bridgehead atoms. The molecule has 1 unspecified atom stereocenters. The van der Waals surface area contributed by atoms with Crippen LogP contribution in [0.2, 0.25) is 0 Å². The second kappa shape index (κ2) is 6.68. The third-order valence-corrected chi connectivity index (χ3v) is 4.07. The molecule has 0 saturated heterocycles. The summed E-state index contributed by atoms with van der Waals surface area (Å²) in [7, 11) is 0. The van der Waals surface area contributed by atoms with Crippen molar-refractivity contribution < 1.29 is 0 Å². The van der Waals surface area contributed by atoms with Crippen LogP contribution in [0.1, 0.15) is 31.9 Å². The fourth-order valence-electron chi connectivity index (χ4n) is 1.53. The minimum atomic E-state index is 0.132. The van der Waals surface area contributed by atoms with Gasteiger partial charge < -0.3 is 5.32 Å². The topological polar surface area (TPSA) is 35.8 Å². The van der Waals surface area contributed by atoms with E-state index < -0.39 is 0 Å². The van der Waals surface area contributed by atoms with Crippen molar-refractivity contribution in [1.29, 1.82) is 5.26 Å². The fraction of sp³-hybridized carbons (Fsp3) is 0.500. The molecule has 0 aliphatic rings. The Morgan fingerprint density at radius 3 is 2.53 bits per heavy atom. The van der Waals surface area contributed by atoms with Crippen molar-refractivity contribution in [2.24, 2.45) is 0 Å². The minimum absolute atomic E-state index is 0.132. The molecule has 3 heteroatoms. The molecule has 0 spiro atoms. The molecule has 0 saturated carbocycles. The Morgan fingerprint density at radius 1 is 1.35 bits per heavy atom. The van der Waals surface area contributed by atoms with Crippen molar-refractivity contribution in [3.63, 3.8) is 0 Å². The Balaban J connectivity index is 2.66. The lowest BCUT2D eigenvalue weighted by atomic mass is 10.0. The average Bonchev–Trinajstić information content (AvgIpc) is 2.35. The zero-order valence-corrected chi connectivity index (χ0v) is 11.6. The second-order valence-electron chi connectivity index (χ2n) is 4.67. The van der Waals surface area contributed by atoms with Gasteiger partial charge in [0.25, 0.3) is 0 Å². The number of nitrogens with zero attached hydrogens (tertiary/aromatic N) is 1. The maximum absolute atomic E-state index is 8.89. The number of hydrogen-bond acceptors (Lipinski definition) is 3. The molecule has 2 nitrogen and oxygen atoms in total. The zero-order valence-electron chi connectivity index (χ0n) is 10.7. The molecule has 0 radical (unpaired) electrons. The summed E-state index contributed by atoms with van der Waals surface area (Å²) in [6.45, 7) is 5.31. The molecule has 1 N–H and O–H groups in total. The van der Waals surface area contributed by atoms with Gasteiger partial charge in [0.05, 0.1) is 12.5 Å². The van der Waals surface area contributed by atoms with Crippen LogP contribution in [0.3, 0.4) is 0 Å². The summed E-state index contributed by atoms with van der Waals surface area (Å²) in [4.78, 5) is 0. The van der Waals surface area contributed by atoms with Crippen LogP contribution >= 0.6 is 11.8 Å². The quantitative estimate of drug-likeness (QED) is 0.838. The molecule has 0 aromatic heterocycles. The summed E-state index contributed by atoms with van der Waals surface area (Å²) in [6.07, 6.45) is 2.62. The maximum atomic E-state index is 8.89. The first-order valence-electron chi connectivity index (χ1n) is 5.79. The first-order valence-corrected chi connectivity index (χ1v) is 7.02. The van der Waals surface area contributed by atoms with E-state index in [1.54, 1.807) is 0 Å². The molecule has 0 amide bonds. The molecule has 1 aromatic rings. The summed E-state index contributed by atoms with van der Waals surface area (Å²) < 4.78 is 0.197. The van der Waals surface area contributed by atoms with Gasteiger partial charge in [0.2, 0.25) is 0 Å². The van der Waals surface area contributed by atoms with Crippen LogP contribution in [0.5, 0.6) is 0 Å². The molecule has 92 valence electrons. The van der Waals surface area contributed by atoms with Crippen LogP contribution in [0.4, 0.5) is 0 Å². The van der Waals surface area contributed by atoms with Gasteiger partial charge >= 0.3 is 0 Å². The summed E-state index contributed by atoms with van der Waals surface area (Å²) in [6, 6.07) is 12.6. The highest BCUT2D eigenvalue weighted by atomic mass is 32.2. The number of hydrogen-bond donors (Lipinski definition) is 1. The zero-order chi connectivity index (χ0) is 12.7. The third-order valence-electron chi connectivity index (χ3n) is 2.82. The minimum Gasteiger partial charge on any atom is -0.308 e. The number of nitriles is 1. The van der Waals surface area contributed by atoms with E-state index in [0.29, 0.717) is 6.42 Å². The van der Waals surface area contributed by atoms with Gasteiger partial charge in [0.15, 0.2) is 0 Å². The molecule has 17 heavy (non-hydrogen) atoms. The molecule has 0 fully saturated rings. The third kappa shape index (κ3) is 4.80. The normalized spacial score (nSPS) is 13.1. The van der Waals surface area contributed by atoms with Gasteiger partial charge in [-0.15, -0.1) is 0 Å². The van der Waals surface area contributed by atoms with E-state index in [-0.39, 0.29) is 10.8 Å². The van der Waals surface area contributed by atoms with Crippen molar-refractivity contribution >= 4 is 11.8 Å². The van der Waals surface area contributed by atoms with Crippen LogP contribution in [0.25, 0.3) is 0 Å². The Labute approximate surface area is 108 Å². The Kier molecular flexibility index (Phi) is 5.54. The van der Waals surface area contributed by atoms with E-state index in [2.05, 4.69) is 43.6 Å². The lowest BCUT2D eigenvalue weighted by molar-refractivity contribution is 0.501. The summed E-state index contributed by atoms with van der Waals surface area (Å²) >= 11 is 1.84. The van der Waals surface area contributed by atoms with Gasteiger partial charge in [-0.25, -0.2) is 0 Å². The molecule has 0 aliphatic carbocycles. The number of nitrogens with one attached hydrogen (secondary N) is 1. The first-order chi connectivity index (χ1) is 8.09. The molecule has 1 atom stereocenters. The highest BCUT2D eigenvalue weighted by Crippen LogP contribution is 2.22.